The van der Waals surface area contributed by atoms with Crippen LogP contribution >= 0.6 is 0 Å². The Morgan fingerprint density at radius 1 is 1.48 bits per heavy atom. The summed E-state index contributed by atoms with van der Waals surface area (Å²) in [5, 5.41) is 7.37. The number of rotatable bonds is 4. The molecule has 1 fully saturated rings. The molecule has 118 valence electrons. The molecule has 1 aromatic heterocycles. The second kappa shape index (κ2) is 6.93. The number of urea groups is 1. The lowest BCUT2D eigenvalue weighted by Gasteiger charge is -2.32. The zero-order valence-corrected chi connectivity index (χ0v) is 13.5. The summed E-state index contributed by atoms with van der Waals surface area (Å²) in [5.41, 5.74) is 3.17. The van der Waals surface area contributed by atoms with E-state index in [2.05, 4.69) is 17.3 Å². The number of aryl methyl sites for hydroxylation is 2. The zero-order chi connectivity index (χ0) is 15.4. The first-order chi connectivity index (χ1) is 10.0. The maximum Gasteiger partial charge on any atom is 0.317 e. The molecule has 6 heteroatoms. The molecule has 0 spiro atoms. The smallest absolute Gasteiger partial charge is 0.317 e. The lowest BCUT2D eigenvalue weighted by molar-refractivity contribution is -0.0181. The van der Waals surface area contributed by atoms with Gasteiger partial charge in [-0.3, -0.25) is 4.68 Å². The van der Waals surface area contributed by atoms with Gasteiger partial charge in [0.2, 0.25) is 0 Å². The van der Waals surface area contributed by atoms with Gasteiger partial charge < -0.3 is 15.0 Å². The van der Waals surface area contributed by atoms with E-state index in [-0.39, 0.29) is 12.1 Å². The lowest BCUT2D eigenvalue weighted by atomic mass is 10.2. The van der Waals surface area contributed by atoms with Crippen molar-refractivity contribution >= 4 is 6.03 Å². The molecule has 0 aromatic carbocycles. The highest BCUT2D eigenvalue weighted by Gasteiger charge is 2.23. The second-order valence-corrected chi connectivity index (χ2v) is 5.66. The third-order valence-corrected chi connectivity index (χ3v) is 4.11. The highest BCUT2D eigenvalue weighted by atomic mass is 16.5. The minimum atomic E-state index is -0.0120. The fourth-order valence-corrected chi connectivity index (χ4v) is 2.75. The Morgan fingerprint density at radius 3 is 2.86 bits per heavy atom. The number of carbonyl (C=O) groups excluding carboxylic acids is 1. The number of carbonyl (C=O) groups is 1. The van der Waals surface area contributed by atoms with Gasteiger partial charge >= 0.3 is 6.03 Å². The normalized spacial score (nSPS) is 18.9. The van der Waals surface area contributed by atoms with Crippen LogP contribution in [0.15, 0.2) is 0 Å². The number of morpholine rings is 1. The fraction of sp³-hybridized carbons (Fsp3) is 0.733. The standard InChI is InChI=1S/C15H26N4O2/c1-5-6-13-10-19(7-8-21-13)15(20)16-9-14-11(2)17-18(4)12(14)3/h13H,5-10H2,1-4H3,(H,16,20). The van der Waals surface area contributed by atoms with Crippen molar-refractivity contribution in [3.05, 3.63) is 17.0 Å². The lowest BCUT2D eigenvalue weighted by Crippen LogP contribution is -2.49. The van der Waals surface area contributed by atoms with E-state index in [1.807, 2.05) is 30.5 Å². The van der Waals surface area contributed by atoms with Crippen LogP contribution in [0.5, 0.6) is 0 Å². The third-order valence-electron chi connectivity index (χ3n) is 4.11. The fourth-order valence-electron chi connectivity index (χ4n) is 2.75. The molecule has 1 unspecified atom stereocenters. The van der Waals surface area contributed by atoms with Gasteiger partial charge in [-0.05, 0) is 20.3 Å². The van der Waals surface area contributed by atoms with Crippen LogP contribution in [0.1, 0.15) is 36.7 Å². The van der Waals surface area contributed by atoms with E-state index in [9.17, 15) is 4.79 Å². The van der Waals surface area contributed by atoms with E-state index >= 15 is 0 Å². The SMILES string of the molecule is CCCC1CN(C(=O)NCc2c(C)nn(C)c2C)CCO1. The predicted molar refractivity (Wildman–Crippen MR) is 81.1 cm³/mol. The van der Waals surface area contributed by atoms with Crippen LogP contribution in [-0.2, 0) is 18.3 Å². The molecule has 0 bridgehead atoms. The monoisotopic (exact) mass is 294 g/mol. The van der Waals surface area contributed by atoms with Gasteiger partial charge in [0.15, 0.2) is 0 Å². The Hall–Kier alpha value is -1.56. The molecule has 0 radical (unpaired) electrons. The first kappa shape index (κ1) is 15.8. The molecule has 21 heavy (non-hydrogen) atoms. The number of nitrogens with zero attached hydrogens (tertiary/aromatic N) is 3. The minimum Gasteiger partial charge on any atom is -0.375 e. The Balaban J connectivity index is 1.89. The Bertz CT molecular complexity index is 496. The summed E-state index contributed by atoms with van der Waals surface area (Å²) in [5.74, 6) is 0. The van der Waals surface area contributed by atoms with E-state index in [4.69, 9.17) is 4.74 Å². The zero-order valence-electron chi connectivity index (χ0n) is 13.5. The largest absolute Gasteiger partial charge is 0.375 e. The second-order valence-electron chi connectivity index (χ2n) is 5.66. The number of ether oxygens (including phenoxy) is 1. The molecule has 1 atom stereocenters. The Kier molecular flexibility index (Phi) is 5.22. The molecule has 1 aliphatic rings. The van der Waals surface area contributed by atoms with Crippen LogP contribution in [0.4, 0.5) is 4.79 Å². The maximum atomic E-state index is 12.3. The van der Waals surface area contributed by atoms with Crippen LogP contribution in [0.25, 0.3) is 0 Å². The molecular weight excluding hydrogens is 268 g/mol. The molecule has 2 rings (SSSR count). The summed E-state index contributed by atoms with van der Waals surface area (Å²) in [6.45, 7) is 8.63. The van der Waals surface area contributed by atoms with Crippen molar-refractivity contribution in [3.63, 3.8) is 0 Å². The third kappa shape index (κ3) is 3.75. The van der Waals surface area contributed by atoms with Gasteiger partial charge in [0.25, 0.3) is 0 Å². The first-order valence-electron chi connectivity index (χ1n) is 7.66. The van der Waals surface area contributed by atoms with E-state index < -0.39 is 0 Å². The quantitative estimate of drug-likeness (QED) is 0.920. The van der Waals surface area contributed by atoms with Gasteiger partial charge in [-0.15, -0.1) is 0 Å². The summed E-state index contributed by atoms with van der Waals surface area (Å²) < 4.78 is 7.52. The summed E-state index contributed by atoms with van der Waals surface area (Å²) in [4.78, 5) is 14.1. The van der Waals surface area contributed by atoms with Crippen LogP contribution < -0.4 is 5.32 Å². The van der Waals surface area contributed by atoms with E-state index in [0.717, 1.165) is 29.8 Å². The number of aromatic nitrogens is 2. The molecule has 2 heterocycles. The van der Waals surface area contributed by atoms with Crippen molar-refractivity contribution in [1.82, 2.24) is 20.0 Å². The number of amides is 2. The topological polar surface area (TPSA) is 59.4 Å². The van der Waals surface area contributed by atoms with Crippen LogP contribution in [0.3, 0.4) is 0 Å². The van der Waals surface area contributed by atoms with Crippen molar-refractivity contribution in [2.24, 2.45) is 7.05 Å². The van der Waals surface area contributed by atoms with Gasteiger partial charge in [0.1, 0.15) is 0 Å². The van der Waals surface area contributed by atoms with Gasteiger partial charge in [0.05, 0.1) is 18.4 Å². The number of hydrogen-bond acceptors (Lipinski definition) is 3. The Labute approximate surface area is 126 Å². The summed E-state index contributed by atoms with van der Waals surface area (Å²) >= 11 is 0. The summed E-state index contributed by atoms with van der Waals surface area (Å²) in [6.07, 6.45) is 2.26. The molecule has 6 nitrogen and oxygen atoms in total. The van der Waals surface area contributed by atoms with Crippen LogP contribution in [-0.4, -0.2) is 46.5 Å². The molecule has 2 amide bonds. The molecule has 0 saturated carbocycles. The first-order valence-corrected chi connectivity index (χ1v) is 7.66. The van der Waals surface area contributed by atoms with Gasteiger partial charge in [0, 0.05) is 37.9 Å². The average molecular weight is 294 g/mol. The minimum absolute atomic E-state index is 0.0120. The van der Waals surface area contributed by atoms with E-state index in [0.29, 0.717) is 26.2 Å². The van der Waals surface area contributed by atoms with Crippen LogP contribution in [0, 0.1) is 13.8 Å². The average Bonchev–Trinajstić information content (AvgIpc) is 2.70. The predicted octanol–water partition coefficient (Wildman–Crippen LogP) is 1.75. The van der Waals surface area contributed by atoms with E-state index in [1.54, 1.807) is 0 Å². The summed E-state index contributed by atoms with van der Waals surface area (Å²) in [6, 6.07) is -0.0120. The van der Waals surface area contributed by atoms with Gasteiger partial charge in [-0.1, -0.05) is 13.3 Å². The molecule has 1 aromatic rings. The molecule has 1 saturated heterocycles. The van der Waals surface area contributed by atoms with Gasteiger partial charge in [-0.2, -0.15) is 5.10 Å². The Morgan fingerprint density at radius 2 is 2.24 bits per heavy atom. The summed E-state index contributed by atoms with van der Waals surface area (Å²) in [7, 11) is 1.92. The van der Waals surface area contributed by atoms with Crippen molar-refractivity contribution in [3.8, 4) is 0 Å². The van der Waals surface area contributed by atoms with E-state index in [1.165, 1.54) is 0 Å². The van der Waals surface area contributed by atoms with Crippen molar-refractivity contribution in [1.29, 1.82) is 0 Å². The maximum absolute atomic E-state index is 12.3. The van der Waals surface area contributed by atoms with Crippen molar-refractivity contribution in [2.75, 3.05) is 19.7 Å². The van der Waals surface area contributed by atoms with Crippen molar-refractivity contribution in [2.45, 2.75) is 46.3 Å². The van der Waals surface area contributed by atoms with Gasteiger partial charge in [-0.25, -0.2) is 4.79 Å². The molecule has 1 aliphatic heterocycles. The molecule has 1 N–H and O–H groups in total. The number of nitrogens with one attached hydrogen (secondary N) is 1. The highest BCUT2D eigenvalue weighted by Crippen LogP contribution is 2.13. The van der Waals surface area contributed by atoms with Crippen LogP contribution in [0.2, 0.25) is 0 Å². The van der Waals surface area contributed by atoms with Crippen molar-refractivity contribution < 1.29 is 9.53 Å². The molecular formula is C15H26N4O2. The molecule has 0 aliphatic carbocycles. The number of hydrogen-bond donors (Lipinski definition) is 1. The highest BCUT2D eigenvalue weighted by molar-refractivity contribution is 5.74.